The Kier molecular flexibility index (Phi) is 41.3. The molecule has 0 saturated heterocycles. The number of phenolic OH excluding ortho intramolecular Hbond substituents is 2. The number of aldehydes is 1. The molecular weight excluding hydrogens is 1640 g/mol. The number of anilines is 4. The number of azide groups is 1. The van der Waals surface area contributed by atoms with Crippen molar-refractivity contribution in [1.82, 2.24) is 0 Å². The van der Waals surface area contributed by atoms with Gasteiger partial charge in [-0.25, -0.2) is 0 Å². The van der Waals surface area contributed by atoms with Crippen LogP contribution in [0.25, 0.3) is 77.3 Å². The molecule has 0 saturated carbocycles. The van der Waals surface area contributed by atoms with E-state index in [9.17, 15) is 34.2 Å². The van der Waals surface area contributed by atoms with E-state index in [2.05, 4.69) is 81.6 Å². The van der Waals surface area contributed by atoms with Crippen LogP contribution in [-0.2, 0) is 47.4 Å². The van der Waals surface area contributed by atoms with Gasteiger partial charge >= 0.3 is 0 Å². The zero-order chi connectivity index (χ0) is 92.6. The minimum atomic E-state index is -0.381. The molecule has 2 aliphatic heterocycles. The Labute approximate surface area is 755 Å². The first-order valence-corrected chi connectivity index (χ1v) is 43.4. The van der Waals surface area contributed by atoms with Gasteiger partial charge in [0.1, 0.15) is 40.5 Å². The maximum atomic E-state index is 13.1. The number of nitrogens with zero attached hydrogens (tertiary/aromatic N) is 7. The second-order valence-corrected chi connectivity index (χ2v) is 30.1. The third-order valence-electron chi connectivity index (χ3n) is 21.9. The summed E-state index contributed by atoms with van der Waals surface area (Å²) in [6.07, 6.45) is 1.82. The Morgan fingerprint density at radius 1 is 0.426 bits per heavy atom. The Balaban J connectivity index is 0.000000206. The molecule has 2 heterocycles. The number of aryl methyl sites for hydroxylation is 2. The van der Waals surface area contributed by atoms with Gasteiger partial charge in [0.15, 0.2) is 41.3 Å². The Hall–Kier alpha value is -12.2. The van der Waals surface area contributed by atoms with Gasteiger partial charge in [-0.3, -0.25) is 24.0 Å². The molecule has 0 spiro atoms. The third kappa shape index (κ3) is 28.9. The standard InChI is InChI=1S/C37H39NO7.C35H33NO6.C15H24N4O3.C15H26N2O3/c1-5-38(27-11-8-25(9-12-27)37(42-3)43-4)18-20-44-19-6-7-33(41)26-10-15-30(24(2)21-26)36-31-16-13-28(39)22-34(31)45-35-23-29(40)14-17-32(35)36;1-3-36(26-9-6-24(22-37)7-10-26)16-18-41-17-4-5-32(40)25-8-13-29(23(2)19-25)35-30-14-11-27(38)20-33(30)42-34-21-28(39)12-15-31(34)35;1-4-19(10-12-22-11-9-17-18-16)14-7-5-13(6-8-14)15(20-2)21-3;1-4-17(10-12-20-11-9-16)14-7-5-13(6-8-14)15(18-2)19-3/h8-17,21-23,37,39H,5-7,18-20H2,1-4H3;6-15,19-22,38H,3-5,16-18H2,1-2H3;5-8,15H,4,9-12H2,1-3H3;5-8,15H,4,9-12,16H2,1-3H3. The maximum Gasteiger partial charge on any atom is 0.183 e. The predicted molar refractivity (Wildman–Crippen MR) is 508 cm³/mol. The molecule has 0 atom stereocenters. The fourth-order valence-corrected chi connectivity index (χ4v) is 15.1. The molecule has 4 aliphatic rings. The molecule has 0 bridgehead atoms. The van der Waals surface area contributed by atoms with Crippen molar-refractivity contribution in [2.24, 2.45) is 10.8 Å². The smallest absolute Gasteiger partial charge is 0.183 e. The average molecular weight is 1760 g/mol. The molecule has 4 N–H and O–H groups in total. The predicted octanol–water partition coefficient (Wildman–Crippen LogP) is 19.2. The number of likely N-dealkylation sites (N-methyl/N-ethyl adjacent to an activating group) is 4. The van der Waals surface area contributed by atoms with E-state index < -0.39 is 0 Å². The average Bonchev–Trinajstić information content (AvgIpc) is 0.754. The molecule has 8 aromatic carbocycles. The van der Waals surface area contributed by atoms with Crippen LogP contribution in [0.5, 0.6) is 11.5 Å². The molecule has 0 radical (unpaired) electrons. The lowest BCUT2D eigenvalue weighted by molar-refractivity contribution is -0.106. The number of methoxy groups -OCH3 is 6. The van der Waals surface area contributed by atoms with Crippen LogP contribution in [-0.4, -0.2) is 189 Å². The second-order valence-electron chi connectivity index (χ2n) is 30.1. The van der Waals surface area contributed by atoms with E-state index in [0.29, 0.717) is 131 Å². The van der Waals surface area contributed by atoms with Crippen LogP contribution in [0.3, 0.4) is 0 Å². The van der Waals surface area contributed by atoms with Crippen LogP contribution in [0, 0.1) is 13.8 Å². The summed E-state index contributed by atoms with van der Waals surface area (Å²) in [5.74, 6) is 1.15. The topological polar surface area (TPSA) is 332 Å². The Morgan fingerprint density at radius 2 is 0.760 bits per heavy atom. The van der Waals surface area contributed by atoms with Crippen molar-refractivity contribution in [2.75, 3.05) is 181 Å². The van der Waals surface area contributed by atoms with Gasteiger partial charge in [-0.05, 0) is 203 Å². The van der Waals surface area contributed by atoms with Crippen LogP contribution in [0.4, 0.5) is 22.7 Å². The number of fused-ring (bicyclic) bond motifs is 4. The summed E-state index contributed by atoms with van der Waals surface area (Å²) >= 11 is 0. The minimum Gasteiger partial charge on any atom is -0.508 e. The van der Waals surface area contributed by atoms with Crippen molar-refractivity contribution in [2.45, 2.75) is 86.1 Å². The lowest BCUT2D eigenvalue weighted by atomic mass is 9.89. The summed E-state index contributed by atoms with van der Waals surface area (Å²) in [5.41, 5.74) is 30.6. The van der Waals surface area contributed by atoms with Crippen LogP contribution >= 0.6 is 0 Å². The number of carbonyl (C=O) groups is 3. The highest BCUT2D eigenvalue weighted by Crippen LogP contribution is 2.44. The molecule has 12 rings (SSSR count). The van der Waals surface area contributed by atoms with Crippen molar-refractivity contribution < 1.29 is 80.8 Å². The van der Waals surface area contributed by atoms with Crippen molar-refractivity contribution in [1.29, 1.82) is 0 Å². The van der Waals surface area contributed by atoms with Crippen LogP contribution < -0.4 is 36.2 Å². The number of hydrogen-bond donors (Lipinski definition) is 3. The van der Waals surface area contributed by atoms with E-state index in [1.165, 1.54) is 36.0 Å². The van der Waals surface area contributed by atoms with Gasteiger partial charge in [0.2, 0.25) is 0 Å². The molecule has 0 aromatic heterocycles. The fourth-order valence-electron chi connectivity index (χ4n) is 15.1. The first-order chi connectivity index (χ1) is 62.7. The van der Waals surface area contributed by atoms with Gasteiger partial charge in [-0.1, -0.05) is 65.8 Å². The van der Waals surface area contributed by atoms with Gasteiger partial charge in [0.05, 0.1) is 39.6 Å². The summed E-state index contributed by atoms with van der Waals surface area (Å²) in [6, 6.07) is 62.6. The number of ketones is 2. The summed E-state index contributed by atoms with van der Waals surface area (Å²) in [6.45, 7) is 24.3. The zero-order valence-corrected chi connectivity index (χ0v) is 76.0. The molecule has 27 heteroatoms. The molecule has 2 aliphatic carbocycles. The van der Waals surface area contributed by atoms with E-state index in [-0.39, 0.29) is 52.8 Å². The fraction of sp³-hybridized carbons (Fsp3) is 0.363. The van der Waals surface area contributed by atoms with Crippen molar-refractivity contribution in [3.8, 4) is 56.4 Å². The lowest BCUT2D eigenvalue weighted by Gasteiger charge is -2.24. The van der Waals surface area contributed by atoms with E-state index in [4.69, 9.17) is 67.5 Å². The number of carbonyl (C=O) groups excluding carboxylic acids is 3. The first kappa shape index (κ1) is 101. The summed E-state index contributed by atoms with van der Waals surface area (Å²) in [7, 11) is 9.75. The molecule has 27 nitrogen and oxygen atoms in total. The molecule has 0 fully saturated rings. The number of ether oxygens (including phenoxy) is 10. The normalized spacial score (nSPS) is 11.2. The molecule has 8 aromatic rings. The third-order valence-corrected chi connectivity index (χ3v) is 21.9. The van der Waals surface area contributed by atoms with Crippen molar-refractivity contribution in [3.63, 3.8) is 0 Å². The first-order valence-electron chi connectivity index (χ1n) is 43.4. The SMILES string of the molecule is CCN(CCOCCCC(=O)c1ccc(-c2c3ccc(=O)cc-3oc3cc(O)ccc23)c(C)c1)c1ccc(C(OC)OC)cc1.CCN(CCOCCCC(=O)c1ccc(-c2c3ccc(=O)cc-3oc3cc(O)ccc23)c(C)c1)c1ccc(C=O)cc1.CCN(CCOCCN)c1ccc(C(OC)OC)cc1.CCN(CCOCCN=[N+]=[N-])c1ccc(C(OC)OC)cc1. The monoisotopic (exact) mass is 1760 g/mol. The van der Waals surface area contributed by atoms with E-state index in [1.54, 1.807) is 91.2 Å². The van der Waals surface area contributed by atoms with Gasteiger partial charge in [0, 0.05) is 252 Å². The minimum absolute atomic E-state index is 0.0531. The van der Waals surface area contributed by atoms with Gasteiger partial charge in [0.25, 0.3) is 0 Å². The largest absolute Gasteiger partial charge is 0.508 e. The molecule has 129 heavy (non-hydrogen) atoms. The van der Waals surface area contributed by atoms with E-state index >= 15 is 0 Å². The van der Waals surface area contributed by atoms with Crippen molar-refractivity contribution >= 4 is 62.5 Å². The Morgan fingerprint density at radius 3 is 1.08 bits per heavy atom. The highest BCUT2D eigenvalue weighted by molar-refractivity contribution is 6.05. The molecule has 684 valence electrons. The molecule has 0 amide bonds. The second kappa shape index (κ2) is 52.9. The van der Waals surface area contributed by atoms with Gasteiger partial charge in [-0.15, -0.1) is 0 Å². The summed E-state index contributed by atoms with van der Waals surface area (Å²) < 4.78 is 66.1. The number of benzene rings is 10. The number of phenols is 2. The zero-order valence-electron chi connectivity index (χ0n) is 76.0. The Bertz CT molecular complexity index is 5580. The number of aromatic hydroxyl groups is 2. The lowest BCUT2D eigenvalue weighted by Crippen LogP contribution is -2.27. The quantitative estimate of drug-likeness (QED) is 0.00466. The summed E-state index contributed by atoms with van der Waals surface area (Å²) in [4.78, 5) is 72.6. The number of Topliss-reactive ketones (excluding diaryl/α,β-unsaturated/α-hetero) is 2. The van der Waals surface area contributed by atoms with Crippen LogP contribution in [0.2, 0.25) is 0 Å². The van der Waals surface area contributed by atoms with Gasteiger partial charge in [-0.2, -0.15) is 0 Å². The maximum absolute atomic E-state index is 13.1. The number of hydrogen-bond acceptors (Lipinski definition) is 25. The highest BCUT2D eigenvalue weighted by Gasteiger charge is 2.24. The van der Waals surface area contributed by atoms with Crippen molar-refractivity contribution in [3.05, 3.63) is 282 Å². The molecular formula is C102H122N8O19. The van der Waals surface area contributed by atoms with E-state index in [1.807, 2.05) is 117 Å². The van der Waals surface area contributed by atoms with Crippen LogP contribution in [0.1, 0.15) is 131 Å². The van der Waals surface area contributed by atoms with E-state index in [0.717, 1.165) is 148 Å². The number of nitrogens with two attached hydrogens (primary N) is 1. The molecule has 0 unspecified atom stereocenters. The number of rotatable bonds is 47. The highest BCUT2D eigenvalue weighted by atomic mass is 16.7. The van der Waals surface area contributed by atoms with Crippen LogP contribution in [0.15, 0.2) is 230 Å². The van der Waals surface area contributed by atoms with Gasteiger partial charge < -0.3 is 91.7 Å². The summed E-state index contributed by atoms with van der Waals surface area (Å²) in [5, 5.41) is 25.1.